The Bertz CT molecular complexity index is 407. The molecule has 20 heavy (non-hydrogen) atoms. The fourth-order valence-electron chi connectivity index (χ4n) is 1.65. The standard InChI is InChI=1S/C14H22F3N3/c1-5-20(10-14(15,16)17)12-7-6-11(8-18-12)9-19-13(2,3)4/h6-8,19H,5,9-10H2,1-4H3. The predicted molar refractivity (Wildman–Crippen MR) is 74.8 cm³/mol. The largest absolute Gasteiger partial charge is 0.405 e. The molecule has 1 rings (SSSR count). The molecule has 1 heterocycles. The van der Waals surface area contributed by atoms with Crippen molar-refractivity contribution in [2.24, 2.45) is 0 Å². The molecule has 0 aromatic carbocycles. The van der Waals surface area contributed by atoms with Crippen LogP contribution in [0.5, 0.6) is 0 Å². The quantitative estimate of drug-likeness (QED) is 0.901. The van der Waals surface area contributed by atoms with Gasteiger partial charge < -0.3 is 10.2 Å². The average Bonchev–Trinajstić information content (AvgIpc) is 2.32. The first-order valence-electron chi connectivity index (χ1n) is 6.62. The number of aromatic nitrogens is 1. The van der Waals surface area contributed by atoms with Crippen molar-refractivity contribution < 1.29 is 13.2 Å². The Balaban J connectivity index is 2.69. The van der Waals surface area contributed by atoms with Gasteiger partial charge in [-0.2, -0.15) is 13.2 Å². The van der Waals surface area contributed by atoms with E-state index in [2.05, 4.69) is 31.1 Å². The van der Waals surface area contributed by atoms with Crippen LogP contribution in [-0.2, 0) is 6.54 Å². The lowest BCUT2D eigenvalue weighted by molar-refractivity contribution is -0.119. The van der Waals surface area contributed by atoms with E-state index in [0.29, 0.717) is 12.4 Å². The van der Waals surface area contributed by atoms with Crippen molar-refractivity contribution in [3.8, 4) is 0 Å². The van der Waals surface area contributed by atoms with Crippen molar-refractivity contribution in [3.05, 3.63) is 23.9 Å². The van der Waals surface area contributed by atoms with Gasteiger partial charge in [0, 0.05) is 24.8 Å². The topological polar surface area (TPSA) is 28.2 Å². The average molecular weight is 289 g/mol. The number of anilines is 1. The van der Waals surface area contributed by atoms with E-state index < -0.39 is 12.7 Å². The summed E-state index contributed by atoms with van der Waals surface area (Å²) in [6, 6.07) is 3.44. The van der Waals surface area contributed by atoms with E-state index in [9.17, 15) is 13.2 Å². The maximum atomic E-state index is 12.4. The molecule has 0 radical (unpaired) electrons. The van der Waals surface area contributed by atoms with Gasteiger partial charge in [0.25, 0.3) is 0 Å². The van der Waals surface area contributed by atoms with E-state index >= 15 is 0 Å². The molecule has 0 fully saturated rings. The van der Waals surface area contributed by atoms with Crippen molar-refractivity contribution in [3.63, 3.8) is 0 Å². The molecule has 3 nitrogen and oxygen atoms in total. The third-order valence-electron chi connectivity index (χ3n) is 2.71. The Morgan fingerprint density at radius 3 is 2.25 bits per heavy atom. The van der Waals surface area contributed by atoms with E-state index in [4.69, 9.17) is 0 Å². The van der Waals surface area contributed by atoms with Crippen molar-refractivity contribution in [1.82, 2.24) is 10.3 Å². The Hall–Kier alpha value is -1.30. The molecular formula is C14H22F3N3. The molecule has 0 atom stereocenters. The second-order valence-corrected chi connectivity index (χ2v) is 5.76. The van der Waals surface area contributed by atoms with Gasteiger partial charge in [-0.3, -0.25) is 0 Å². The summed E-state index contributed by atoms with van der Waals surface area (Å²) in [5, 5.41) is 3.31. The van der Waals surface area contributed by atoms with Crippen LogP contribution in [0.15, 0.2) is 18.3 Å². The van der Waals surface area contributed by atoms with Gasteiger partial charge in [-0.15, -0.1) is 0 Å². The summed E-state index contributed by atoms with van der Waals surface area (Å²) in [7, 11) is 0. The molecule has 0 aliphatic carbocycles. The summed E-state index contributed by atoms with van der Waals surface area (Å²) in [5.74, 6) is 0.351. The van der Waals surface area contributed by atoms with Crippen molar-refractivity contribution in [2.45, 2.75) is 46.0 Å². The smallest absolute Gasteiger partial charge is 0.348 e. The third kappa shape index (κ3) is 6.23. The molecule has 0 aliphatic rings. The fourth-order valence-corrected chi connectivity index (χ4v) is 1.65. The number of rotatable bonds is 5. The number of pyridine rings is 1. The minimum Gasteiger partial charge on any atom is -0.348 e. The van der Waals surface area contributed by atoms with Gasteiger partial charge in [0.15, 0.2) is 0 Å². The van der Waals surface area contributed by atoms with Crippen LogP contribution in [0.3, 0.4) is 0 Å². The molecule has 0 amide bonds. The molecule has 0 saturated carbocycles. The summed E-state index contributed by atoms with van der Waals surface area (Å²) >= 11 is 0. The lowest BCUT2D eigenvalue weighted by atomic mass is 10.1. The maximum Gasteiger partial charge on any atom is 0.405 e. The zero-order chi connectivity index (χ0) is 15.4. The molecule has 6 heteroatoms. The SMILES string of the molecule is CCN(CC(F)(F)F)c1ccc(CNC(C)(C)C)cn1. The van der Waals surface area contributed by atoms with Crippen LogP contribution in [0.4, 0.5) is 19.0 Å². The number of alkyl halides is 3. The Morgan fingerprint density at radius 2 is 1.85 bits per heavy atom. The molecule has 114 valence electrons. The molecule has 1 aromatic heterocycles. The monoisotopic (exact) mass is 289 g/mol. The molecule has 0 saturated heterocycles. The van der Waals surface area contributed by atoms with Gasteiger partial charge in [-0.25, -0.2) is 4.98 Å². The normalized spacial score (nSPS) is 12.6. The van der Waals surface area contributed by atoms with Gasteiger partial charge in [0.1, 0.15) is 12.4 Å². The van der Waals surface area contributed by atoms with Crippen LogP contribution in [0.1, 0.15) is 33.3 Å². The van der Waals surface area contributed by atoms with E-state index in [1.807, 2.05) is 0 Å². The fraction of sp³-hybridized carbons (Fsp3) is 0.643. The summed E-state index contributed by atoms with van der Waals surface area (Å²) in [5.41, 5.74) is 0.941. The summed E-state index contributed by atoms with van der Waals surface area (Å²) in [4.78, 5) is 5.33. The zero-order valence-electron chi connectivity index (χ0n) is 12.4. The number of hydrogen-bond acceptors (Lipinski definition) is 3. The third-order valence-corrected chi connectivity index (χ3v) is 2.71. The van der Waals surface area contributed by atoms with E-state index in [1.165, 1.54) is 4.90 Å². The second-order valence-electron chi connectivity index (χ2n) is 5.76. The number of hydrogen-bond donors (Lipinski definition) is 1. The highest BCUT2D eigenvalue weighted by Crippen LogP contribution is 2.20. The lowest BCUT2D eigenvalue weighted by Crippen LogP contribution is -2.35. The van der Waals surface area contributed by atoms with Crippen molar-refractivity contribution in [1.29, 1.82) is 0 Å². The summed E-state index contributed by atoms with van der Waals surface area (Å²) in [6.45, 7) is 7.78. The Morgan fingerprint density at radius 1 is 1.20 bits per heavy atom. The van der Waals surface area contributed by atoms with Gasteiger partial charge in [0.05, 0.1) is 0 Å². The summed E-state index contributed by atoms with van der Waals surface area (Å²) in [6.07, 6.45) is -2.60. The first-order valence-corrected chi connectivity index (χ1v) is 6.62. The molecule has 1 aromatic rings. The molecule has 1 N–H and O–H groups in total. The number of nitrogens with zero attached hydrogens (tertiary/aromatic N) is 2. The van der Waals surface area contributed by atoms with Crippen LogP contribution in [0.25, 0.3) is 0 Å². The van der Waals surface area contributed by atoms with Gasteiger partial charge >= 0.3 is 6.18 Å². The van der Waals surface area contributed by atoms with Gasteiger partial charge in [0.2, 0.25) is 0 Å². The van der Waals surface area contributed by atoms with E-state index in [0.717, 1.165) is 5.56 Å². The zero-order valence-corrected chi connectivity index (χ0v) is 12.4. The molecule has 0 unspecified atom stereocenters. The van der Waals surface area contributed by atoms with E-state index in [-0.39, 0.29) is 12.1 Å². The first kappa shape index (κ1) is 16.8. The maximum absolute atomic E-state index is 12.4. The minimum atomic E-state index is -4.22. The van der Waals surface area contributed by atoms with Gasteiger partial charge in [-0.05, 0) is 39.3 Å². The highest BCUT2D eigenvalue weighted by molar-refractivity contribution is 5.39. The Labute approximate surface area is 118 Å². The van der Waals surface area contributed by atoms with Crippen LogP contribution in [0.2, 0.25) is 0 Å². The van der Waals surface area contributed by atoms with Crippen molar-refractivity contribution >= 4 is 5.82 Å². The number of nitrogens with one attached hydrogen (secondary N) is 1. The van der Waals surface area contributed by atoms with Crippen LogP contribution < -0.4 is 10.2 Å². The molecule has 0 spiro atoms. The highest BCUT2D eigenvalue weighted by Gasteiger charge is 2.30. The minimum absolute atomic E-state index is 0.00951. The molecule has 0 bridgehead atoms. The first-order chi connectivity index (χ1) is 9.11. The van der Waals surface area contributed by atoms with Gasteiger partial charge in [-0.1, -0.05) is 6.07 Å². The number of halogens is 3. The van der Waals surface area contributed by atoms with E-state index in [1.54, 1.807) is 25.3 Å². The lowest BCUT2D eigenvalue weighted by Gasteiger charge is -2.24. The molecule has 0 aliphatic heterocycles. The van der Waals surface area contributed by atoms with Crippen LogP contribution in [0, 0.1) is 0 Å². The van der Waals surface area contributed by atoms with Crippen LogP contribution in [-0.4, -0.2) is 29.8 Å². The molecular weight excluding hydrogens is 267 g/mol. The predicted octanol–water partition coefficient (Wildman–Crippen LogP) is 3.36. The summed E-state index contributed by atoms with van der Waals surface area (Å²) < 4.78 is 37.3. The highest BCUT2D eigenvalue weighted by atomic mass is 19.4. The van der Waals surface area contributed by atoms with Crippen molar-refractivity contribution in [2.75, 3.05) is 18.0 Å². The Kier molecular flexibility index (Phi) is 5.39. The second kappa shape index (κ2) is 6.43. The van der Waals surface area contributed by atoms with Crippen LogP contribution >= 0.6 is 0 Å².